The molecule has 1 saturated heterocycles. The molecular weight excluding hydrogens is 453 g/mol. The summed E-state index contributed by atoms with van der Waals surface area (Å²) in [6, 6.07) is 14.8. The molecule has 4 rings (SSSR count). The predicted molar refractivity (Wildman–Crippen MR) is 131 cm³/mol. The minimum atomic E-state index is -0.539. The van der Waals surface area contributed by atoms with Crippen LogP contribution in [0.4, 0.5) is 16.0 Å². The molecule has 2 N–H and O–H groups in total. The van der Waals surface area contributed by atoms with Crippen molar-refractivity contribution in [3.63, 3.8) is 0 Å². The summed E-state index contributed by atoms with van der Waals surface area (Å²) in [5, 5.41) is 19.2. The molecule has 0 atom stereocenters. The number of hydrogen-bond donors (Lipinski definition) is 2. The van der Waals surface area contributed by atoms with Crippen molar-refractivity contribution in [3.8, 4) is 11.8 Å². The molecule has 2 aromatic carbocycles. The molecular formula is C25H26FN5O2S. The number of rotatable bonds is 8. The Hall–Kier alpha value is -3.35. The van der Waals surface area contributed by atoms with E-state index in [1.54, 1.807) is 23.2 Å². The summed E-state index contributed by atoms with van der Waals surface area (Å²) >= 11 is 1.42. The van der Waals surface area contributed by atoms with E-state index in [4.69, 9.17) is 4.74 Å². The van der Waals surface area contributed by atoms with E-state index in [-0.39, 0.29) is 11.3 Å². The lowest BCUT2D eigenvalue weighted by Gasteiger charge is -2.39. The van der Waals surface area contributed by atoms with Gasteiger partial charge in [0, 0.05) is 31.0 Å². The van der Waals surface area contributed by atoms with Crippen LogP contribution in [0.25, 0.3) is 0 Å². The molecule has 0 spiro atoms. The first-order valence-electron chi connectivity index (χ1n) is 10.8. The molecule has 1 aliphatic heterocycles. The van der Waals surface area contributed by atoms with Gasteiger partial charge in [-0.1, -0.05) is 37.9 Å². The molecule has 0 saturated carbocycles. The Morgan fingerprint density at radius 1 is 1.24 bits per heavy atom. The second-order valence-electron chi connectivity index (χ2n) is 8.64. The van der Waals surface area contributed by atoms with Crippen molar-refractivity contribution >= 4 is 23.6 Å². The minimum absolute atomic E-state index is 0.261. The van der Waals surface area contributed by atoms with Gasteiger partial charge in [-0.05, 0) is 41.5 Å². The van der Waals surface area contributed by atoms with Crippen LogP contribution in [0.2, 0.25) is 0 Å². The van der Waals surface area contributed by atoms with Crippen molar-refractivity contribution in [3.05, 3.63) is 76.9 Å². The van der Waals surface area contributed by atoms with Gasteiger partial charge in [-0.25, -0.2) is 14.4 Å². The smallest absolute Gasteiger partial charge is 0.233 e. The third kappa shape index (κ3) is 4.93. The number of nitrogens with one attached hydrogen (secondary N) is 1. The molecule has 1 fully saturated rings. The lowest BCUT2D eigenvalue weighted by molar-refractivity contribution is 0.141. The number of halogens is 1. The van der Waals surface area contributed by atoms with Crippen LogP contribution in [0.15, 0.2) is 48.7 Å². The normalized spacial score (nSPS) is 13.8. The van der Waals surface area contributed by atoms with Gasteiger partial charge < -0.3 is 14.7 Å². The third-order valence-electron chi connectivity index (χ3n) is 5.95. The van der Waals surface area contributed by atoms with E-state index in [1.807, 2.05) is 44.4 Å². The molecule has 0 unspecified atom stereocenters. The Morgan fingerprint density at radius 2 is 1.97 bits per heavy atom. The molecule has 34 heavy (non-hydrogen) atoms. The zero-order valence-electron chi connectivity index (χ0n) is 19.2. The monoisotopic (exact) mass is 479 g/mol. The van der Waals surface area contributed by atoms with Crippen molar-refractivity contribution in [1.29, 1.82) is 5.26 Å². The highest BCUT2D eigenvalue weighted by Crippen LogP contribution is 2.37. The lowest BCUT2D eigenvalue weighted by Crippen LogP contribution is -2.51. The van der Waals surface area contributed by atoms with E-state index in [1.165, 1.54) is 18.0 Å². The average molecular weight is 480 g/mol. The van der Waals surface area contributed by atoms with Crippen LogP contribution in [0.3, 0.4) is 0 Å². The standard InChI is InChI=1S/C25H26FN5O2S/c1-25(2,18-10-16(12-27)23(22(26)11-18)31-13-20(32)14-31)17-4-6-21(7-5-17)33-15-19-8-9-28-24(29-19)30-34-3/h4-11,20,32H,13-15H2,1-3H3,(H,28,29,30). The van der Waals surface area contributed by atoms with E-state index < -0.39 is 17.3 Å². The SMILES string of the molecule is CSNc1nccc(COc2ccc(C(C)(C)c3cc(F)c(N4CC(O)C4)c(C#N)c3)cc2)n1. The maximum Gasteiger partial charge on any atom is 0.233 e. The molecule has 176 valence electrons. The number of β-amino-alcohol motifs (C(OH)–C–C–N with tert-alkyl or cyclic N) is 1. The number of nitriles is 1. The van der Waals surface area contributed by atoms with Crippen LogP contribution in [0.1, 0.15) is 36.2 Å². The van der Waals surface area contributed by atoms with Gasteiger partial charge in [0.05, 0.1) is 23.0 Å². The van der Waals surface area contributed by atoms with Crippen molar-refractivity contribution in [1.82, 2.24) is 9.97 Å². The maximum atomic E-state index is 15.0. The summed E-state index contributed by atoms with van der Waals surface area (Å²) in [4.78, 5) is 10.2. The van der Waals surface area contributed by atoms with Gasteiger partial charge in [-0.15, -0.1) is 0 Å². The van der Waals surface area contributed by atoms with Crippen molar-refractivity contribution in [2.24, 2.45) is 0 Å². The third-order valence-corrected chi connectivity index (χ3v) is 6.34. The molecule has 3 aromatic rings. The molecule has 7 nitrogen and oxygen atoms in total. The van der Waals surface area contributed by atoms with Crippen LogP contribution >= 0.6 is 11.9 Å². The predicted octanol–water partition coefficient (Wildman–Crippen LogP) is 4.26. The van der Waals surface area contributed by atoms with E-state index >= 15 is 4.39 Å². The minimum Gasteiger partial charge on any atom is -0.487 e. The van der Waals surface area contributed by atoms with Gasteiger partial charge in [0.1, 0.15) is 24.2 Å². The van der Waals surface area contributed by atoms with Gasteiger partial charge in [0.25, 0.3) is 0 Å². The number of aromatic nitrogens is 2. The van der Waals surface area contributed by atoms with Crippen LogP contribution in [0.5, 0.6) is 5.75 Å². The number of anilines is 2. The molecule has 0 aliphatic carbocycles. The topological polar surface area (TPSA) is 94.3 Å². The molecule has 9 heteroatoms. The fraction of sp³-hybridized carbons (Fsp3) is 0.320. The van der Waals surface area contributed by atoms with Gasteiger partial charge >= 0.3 is 0 Å². The quantitative estimate of drug-likeness (QED) is 0.463. The van der Waals surface area contributed by atoms with E-state index in [0.29, 0.717) is 37.0 Å². The highest BCUT2D eigenvalue weighted by molar-refractivity contribution is 7.99. The van der Waals surface area contributed by atoms with E-state index in [2.05, 4.69) is 20.8 Å². The summed E-state index contributed by atoms with van der Waals surface area (Å²) in [5.74, 6) is 0.772. The number of nitrogens with zero attached hydrogens (tertiary/aromatic N) is 4. The largest absolute Gasteiger partial charge is 0.487 e. The Morgan fingerprint density at radius 3 is 2.62 bits per heavy atom. The van der Waals surface area contributed by atoms with Gasteiger partial charge in [-0.3, -0.25) is 4.72 Å². The zero-order chi connectivity index (χ0) is 24.3. The van der Waals surface area contributed by atoms with E-state index in [0.717, 1.165) is 11.3 Å². The first-order valence-corrected chi connectivity index (χ1v) is 12.1. The number of benzene rings is 2. The highest BCUT2D eigenvalue weighted by Gasteiger charge is 2.31. The number of hydrogen-bond acceptors (Lipinski definition) is 8. The number of ether oxygens (including phenoxy) is 1. The first-order chi connectivity index (χ1) is 16.3. The van der Waals surface area contributed by atoms with Gasteiger partial charge in [0.15, 0.2) is 0 Å². The summed E-state index contributed by atoms with van der Waals surface area (Å²) in [6.45, 7) is 4.96. The molecule has 1 aromatic heterocycles. The zero-order valence-corrected chi connectivity index (χ0v) is 20.1. The van der Waals surface area contributed by atoms with Crippen molar-refractivity contribution in [2.75, 3.05) is 29.0 Å². The summed E-state index contributed by atoms with van der Waals surface area (Å²) in [6.07, 6.45) is 3.10. The molecule has 1 aliphatic rings. The molecule has 0 bridgehead atoms. The molecule has 0 radical (unpaired) electrons. The van der Waals surface area contributed by atoms with Gasteiger partial charge in [0.2, 0.25) is 5.95 Å². The number of aliphatic hydroxyl groups is 1. The maximum absolute atomic E-state index is 15.0. The summed E-state index contributed by atoms with van der Waals surface area (Å²) in [7, 11) is 0. The first kappa shape index (κ1) is 23.8. The van der Waals surface area contributed by atoms with Crippen LogP contribution < -0.4 is 14.4 Å². The Bertz CT molecular complexity index is 1210. The second kappa shape index (κ2) is 9.87. The number of aliphatic hydroxyl groups excluding tert-OH is 1. The summed E-state index contributed by atoms with van der Waals surface area (Å²) in [5.41, 5.74) is 2.42. The molecule has 2 heterocycles. The Labute approximate surface area is 202 Å². The fourth-order valence-electron chi connectivity index (χ4n) is 3.91. The van der Waals surface area contributed by atoms with Crippen LogP contribution in [-0.4, -0.2) is 40.5 Å². The molecule has 0 amide bonds. The average Bonchev–Trinajstić information content (AvgIpc) is 2.81. The Balaban J connectivity index is 1.50. The highest BCUT2D eigenvalue weighted by atomic mass is 32.2. The van der Waals surface area contributed by atoms with Crippen molar-refractivity contribution in [2.45, 2.75) is 32.0 Å². The van der Waals surface area contributed by atoms with Gasteiger partial charge in [-0.2, -0.15) is 5.26 Å². The fourth-order valence-corrected chi connectivity index (χ4v) is 4.19. The second-order valence-corrected chi connectivity index (χ2v) is 9.25. The lowest BCUT2D eigenvalue weighted by atomic mass is 9.77. The van der Waals surface area contributed by atoms with E-state index in [9.17, 15) is 10.4 Å². The van der Waals surface area contributed by atoms with Crippen molar-refractivity contribution < 1.29 is 14.2 Å². The van der Waals surface area contributed by atoms with Crippen LogP contribution in [-0.2, 0) is 12.0 Å². The Kier molecular flexibility index (Phi) is 6.91. The van der Waals surface area contributed by atoms with Crippen LogP contribution in [0, 0.1) is 17.1 Å². The summed E-state index contributed by atoms with van der Waals surface area (Å²) < 4.78 is 23.9.